The lowest BCUT2D eigenvalue weighted by Gasteiger charge is -2.21. The minimum Gasteiger partial charge on any atom is -0.394 e. The Morgan fingerprint density at radius 3 is 1.49 bits per heavy atom. The summed E-state index contributed by atoms with van der Waals surface area (Å²) in [5.74, 6) is -0.515. The Balaban J connectivity index is 3.81. The molecule has 0 aromatic heterocycles. The summed E-state index contributed by atoms with van der Waals surface area (Å²) in [6, 6.07) is -0.808. The van der Waals surface area contributed by atoms with Gasteiger partial charge in [0, 0.05) is 0 Å². The SMILES string of the molecule is CCCCCCCCCCCC/C=C/CC/C=C/C(O)C(CO)NC(=O)C(O)CCCCCCCCCCCCC. The van der Waals surface area contributed by atoms with Crippen LogP contribution >= 0.6 is 0 Å². The van der Waals surface area contributed by atoms with Gasteiger partial charge in [-0.3, -0.25) is 4.79 Å². The van der Waals surface area contributed by atoms with E-state index < -0.39 is 24.2 Å². The molecular weight excluding hydrogens is 510 g/mol. The second-order valence-corrected chi connectivity index (χ2v) is 12.1. The number of nitrogens with one attached hydrogen (secondary N) is 1. The summed E-state index contributed by atoms with van der Waals surface area (Å²) in [4.78, 5) is 12.3. The molecule has 0 saturated heterocycles. The third kappa shape index (κ3) is 27.4. The summed E-state index contributed by atoms with van der Waals surface area (Å²) < 4.78 is 0. The van der Waals surface area contributed by atoms with E-state index in [-0.39, 0.29) is 6.61 Å². The molecule has 0 fully saturated rings. The fraction of sp³-hybridized carbons (Fsp3) is 0.861. The van der Waals surface area contributed by atoms with E-state index in [0.29, 0.717) is 6.42 Å². The molecule has 0 aromatic carbocycles. The van der Waals surface area contributed by atoms with Gasteiger partial charge in [-0.05, 0) is 32.1 Å². The van der Waals surface area contributed by atoms with Gasteiger partial charge in [0.2, 0.25) is 5.91 Å². The number of carbonyl (C=O) groups is 1. The van der Waals surface area contributed by atoms with Crippen LogP contribution in [0.1, 0.15) is 174 Å². The molecule has 3 unspecified atom stereocenters. The van der Waals surface area contributed by atoms with Crippen LogP contribution in [0, 0.1) is 0 Å². The molecule has 0 rings (SSSR count). The minimum absolute atomic E-state index is 0.374. The van der Waals surface area contributed by atoms with E-state index in [1.54, 1.807) is 6.08 Å². The van der Waals surface area contributed by atoms with Gasteiger partial charge in [-0.1, -0.05) is 167 Å². The standard InChI is InChI=1S/C36H69NO4/c1-3-5-7-9-11-13-15-16-17-18-19-21-22-24-26-28-30-34(39)33(32-38)37-36(41)35(40)31-29-27-25-23-20-14-12-10-8-6-4-2/h21-22,28,30,33-35,38-40H,3-20,23-27,29,31-32H2,1-2H3,(H,37,41)/b22-21+,30-28+. The lowest BCUT2D eigenvalue weighted by atomic mass is 10.0. The van der Waals surface area contributed by atoms with Crippen molar-refractivity contribution < 1.29 is 20.1 Å². The predicted octanol–water partition coefficient (Wildman–Crippen LogP) is 9.09. The number of carbonyl (C=O) groups excluding carboxylic acids is 1. The van der Waals surface area contributed by atoms with Crippen LogP contribution < -0.4 is 5.32 Å². The van der Waals surface area contributed by atoms with Crippen LogP contribution in [-0.4, -0.2) is 46.1 Å². The molecule has 0 heterocycles. The van der Waals surface area contributed by atoms with Crippen molar-refractivity contribution in [1.82, 2.24) is 5.32 Å². The largest absolute Gasteiger partial charge is 0.394 e. The van der Waals surface area contributed by atoms with Crippen LogP contribution in [0.3, 0.4) is 0 Å². The maximum absolute atomic E-state index is 12.3. The molecule has 0 spiro atoms. The van der Waals surface area contributed by atoms with Crippen molar-refractivity contribution >= 4 is 5.91 Å². The quantitative estimate of drug-likeness (QED) is 0.0487. The van der Waals surface area contributed by atoms with Gasteiger partial charge in [-0.15, -0.1) is 0 Å². The molecule has 0 saturated carbocycles. The molecule has 0 radical (unpaired) electrons. The topological polar surface area (TPSA) is 89.8 Å². The van der Waals surface area contributed by atoms with Crippen molar-refractivity contribution in [2.24, 2.45) is 0 Å². The highest BCUT2D eigenvalue weighted by atomic mass is 16.3. The molecule has 242 valence electrons. The molecule has 5 heteroatoms. The van der Waals surface area contributed by atoms with Crippen molar-refractivity contribution in [2.45, 2.75) is 193 Å². The molecule has 3 atom stereocenters. The van der Waals surface area contributed by atoms with E-state index in [1.807, 2.05) is 6.08 Å². The van der Waals surface area contributed by atoms with Gasteiger partial charge in [0.25, 0.3) is 0 Å². The van der Waals surface area contributed by atoms with Gasteiger partial charge < -0.3 is 20.6 Å². The Labute approximate surface area is 254 Å². The number of hydrogen-bond donors (Lipinski definition) is 4. The van der Waals surface area contributed by atoms with Crippen LogP contribution in [-0.2, 0) is 4.79 Å². The van der Waals surface area contributed by atoms with Gasteiger partial charge in [0.1, 0.15) is 6.10 Å². The zero-order valence-electron chi connectivity index (χ0n) is 27.2. The Morgan fingerprint density at radius 2 is 1.00 bits per heavy atom. The predicted molar refractivity (Wildman–Crippen MR) is 176 cm³/mol. The van der Waals surface area contributed by atoms with Crippen molar-refractivity contribution in [3.8, 4) is 0 Å². The summed E-state index contributed by atoms with van der Waals surface area (Å²) in [6.07, 6.45) is 36.2. The Kier molecular flexibility index (Phi) is 30.9. The van der Waals surface area contributed by atoms with Crippen LogP contribution in [0.4, 0.5) is 0 Å². The highest BCUT2D eigenvalue weighted by molar-refractivity contribution is 5.80. The normalized spacial score (nSPS) is 14.2. The first kappa shape index (κ1) is 39.8. The number of aliphatic hydroxyl groups excluding tert-OH is 3. The molecule has 1 amide bonds. The zero-order chi connectivity index (χ0) is 30.2. The Morgan fingerprint density at radius 1 is 0.585 bits per heavy atom. The van der Waals surface area contributed by atoms with Crippen LogP contribution in [0.2, 0.25) is 0 Å². The molecule has 5 nitrogen and oxygen atoms in total. The van der Waals surface area contributed by atoms with Crippen LogP contribution in [0.25, 0.3) is 0 Å². The monoisotopic (exact) mass is 580 g/mol. The molecule has 0 bridgehead atoms. The number of allylic oxidation sites excluding steroid dienone is 3. The maximum Gasteiger partial charge on any atom is 0.249 e. The van der Waals surface area contributed by atoms with E-state index in [9.17, 15) is 20.1 Å². The van der Waals surface area contributed by atoms with Gasteiger partial charge >= 0.3 is 0 Å². The van der Waals surface area contributed by atoms with Crippen molar-refractivity contribution in [1.29, 1.82) is 0 Å². The van der Waals surface area contributed by atoms with Gasteiger partial charge in [0.15, 0.2) is 0 Å². The van der Waals surface area contributed by atoms with Crippen molar-refractivity contribution in [3.63, 3.8) is 0 Å². The van der Waals surface area contributed by atoms with Gasteiger partial charge in [-0.25, -0.2) is 0 Å². The third-order valence-electron chi connectivity index (χ3n) is 8.04. The number of unbranched alkanes of at least 4 members (excludes halogenated alkanes) is 21. The summed E-state index contributed by atoms with van der Waals surface area (Å²) in [5.41, 5.74) is 0. The minimum atomic E-state index is -1.10. The molecule has 0 aliphatic carbocycles. The first-order valence-electron chi connectivity index (χ1n) is 17.7. The Hall–Kier alpha value is -1.17. The number of rotatable bonds is 31. The molecule has 0 aliphatic rings. The molecule has 4 N–H and O–H groups in total. The molecule has 0 aliphatic heterocycles. The highest BCUT2D eigenvalue weighted by Gasteiger charge is 2.22. The highest BCUT2D eigenvalue weighted by Crippen LogP contribution is 2.14. The fourth-order valence-electron chi connectivity index (χ4n) is 5.20. The molecular formula is C36H69NO4. The summed E-state index contributed by atoms with van der Waals surface area (Å²) in [7, 11) is 0. The average Bonchev–Trinajstić information content (AvgIpc) is 2.98. The van der Waals surface area contributed by atoms with Gasteiger partial charge in [-0.2, -0.15) is 0 Å². The smallest absolute Gasteiger partial charge is 0.249 e. The van der Waals surface area contributed by atoms with E-state index in [4.69, 9.17) is 0 Å². The number of hydrogen-bond acceptors (Lipinski definition) is 4. The van der Waals surface area contributed by atoms with Gasteiger partial charge in [0.05, 0.1) is 18.8 Å². The average molecular weight is 580 g/mol. The third-order valence-corrected chi connectivity index (χ3v) is 8.04. The van der Waals surface area contributed by atoms with Crippen molar-refractivity contribution in [2.75, 3.05) is 6.61 Å². The van der Waals surface area contributed by atoms with E-state index in [1.165, 1.54) is 116 Å². The second kappa shape index (κ2) is 31.8. The van der Waals surface area contributed by atoms with E-state index in [2.05, 4.69) is 31.3 Å². The maximum atomic E-state index is 12.3. The summed E-state index contributed by atoms with van der Waals surface area (Å²) >= 11 is 0. The zero-order valence-corrected chi connectivity index (χ0v) is 27.2. The first-order valence-corrected chi connectivity index (χ1v) is 17.7. The molecule has 0 aromatic rings. The fourth-order valence-corrected chi connectivity index (χ4v) is 5.20. The summed E-state index contributed by atoms with van der Waals surface area (Å²) in [6.45, 7) is 4.13. The van der Waals surface area contributed by atoms with Crippen LogP contribution in [0.15, 0.2) is 24.3 Å². The van der Waals surface area contributed by atoms with E-state index in [0.717, 1.165) is 38.5 Å². The lowest BCUT2D eigenvalue weighted by Crippen LogP contribution is -2.48. The Bertz CT molecular complexity index is 606. The lowest BCUT2D eigenvalue weighted by molar-refractivity contribution is -0.131. The first-order chi connectivity index (χ1) is 20.1. The second-order valence-electron chi connectivity index (χ2n) is 12.1. The van der Waals surface area contributed by atoms with E-state index >= 15 is 0 Å². The molecule has 41 heavy (non-hydrogen) atoms. The van der Waals surface area contributed by atoms with Crippen LogP contribution in [0.5, 0.6) is 0 Å². The number of amides is 1. The van der Waals surface area contributed by atoms with Crippen molar-refractivity contribution in [3.05, 3.63) is 24.3 Å². The summed E-state index contributed by atoms with van der Waals surface area (Å²) in [5, 5.41) is 32.8. The number of aliphatic hydroxyl groups is 3.